The molecular weight excluding hydrogens is 512 g/mol. The Balaban J connectivity index is 1.56. The van der Waals surface area contributed by atoms with E-state index in [1.807, 2.05) is 6.07 Å². The smallest absolute Gasteiger partial charge is 0.264 e. The maximum Gasteiger partial charge on any atom is 0.264 e. The molecule has 0 atom stereocenters. The Hall–Kier alpha value is -4.21. The van der Waals surface area contributed by atoms with E-state index in [1.165, 1.54) is 18.2 Å². The molecule has 0 unspecified atom stereocenters. The fourth-order valence-corrected chi connectivity index (χ4v) is 5.17. The Morgan fingerprint density at radius 1 is 0.892 bits per heavy atom. The third kappa shape index (κ3) is 6.52. The molecule has 8 nitrogen and oxygen atoms in total. The summed E-state index contributed by atoms with van der Waals surface area (Å²) in [7, 11) is -4.10. The Bertz CT molecular complexity index is 1500. The first-order valence-corrected chi connectivity index (χ1v) is 13.1. The molecule has 0 saturated heterocycles. The molecule has 188 valence electrons. The normalized spacial score (nSPS) is 10.9. The van der Waals surface area contributed by atoms with Crippen LogP contribution in [0.3, 0.4) is 0 Å². The number of aromatic nitrogens is 1. The third-order valence-corrected chi connectivity index (χ3v) is 7.36. The molecule has 0 spiro atoms. The van der Waals surface area contributed by atoms with E-state index in [-0.39, 0.29) is 28.4 Å². The van der Waals surface area contributed by atoms with Gasteiger partial charge in [0.05, 0.1) is 21.8 Å². The summed E-state index contributed by atoms with van der Waals surface area (Å²) in [6.45, 7) is -0.282. The molecular formula is C27H23ClN4O4S. The first-order valence-electron chi connectivity index (χ1n) is 11.2. The average molecular weight is 535 g/mol. The number of amides is 2. The largest absolute Gasteiger partial charge is 0.348 e. The average Bonchev–Trinajstić information content (AvgIpc) is 2.91. The van der Waals surface area contributed by atoms with Gasteiger partial charge in [-0.15, -0.1) is 0 Å². The molecule has 0 bridgehead atoms. The molecule has 4 rings (SSSR count). The zero-order valence-corrected chi connectivity index (χ0v) is 21.1. The first kappa shape index (κ1) is 25.9. The van der Waals surface area contributed by atoms with Crippen LogP contribution in [0.1, 0.15) is 15.9 Å². The molecule has 4 aromatic rings. The van der Waals surface area contributed by atoms with Gasteiger partial charge in [0, 0.05) is 24.0 Å². The molecule has 1 aromatic heterocycles. The van der Waals surface area contributed by atoms with Crippen molar-refractivity contribution in [3.63, 3.8) is 0 Å². The van der Waals surface area contributed by atoms with Crippen LogP contribution in [0.15, 0.2) is 108 Å². The van der Waals surface area contributed by atoms with Gasteiger partial charge in [-0.05, 0) is 54.1 Å². The molecule has 2 amide bonds. The van der Waals surface area contributed by atoms with E-state index in [1.54, 1.807) is 79.1 Å². The number of carbonyl (C=O) groups excluding carboxylic acids is 2. The van der Waals surface area contributed by atoms with E-state index in [0.717, 1.165) is 9.87 Å². The minimum atomic E-state index is -4.10. The standard InChI is InChI=1S/C27H23ClN4O4S/c28-21-9-6-10-22(16-21)32(37(35,36)23-11-2-1-3-12-23)19-26(33)31-25-14-5-4-13-24(25)27(34)30-18-20-8-7-15-29-17-20/h1-17H,18-19H2,(H,30,34)(H,31,33). The number of carbonyl (C=O) groups is 2. The van der Waals surface area contributed by atoms with Crippen molar-refractivity contribution in [2.75, 3.05) is 16.2 Å². The van der Waals surface area contributed by atoms with Crippen LogP contribution in [0.25, 0.3) is 0 Å². The van der Waals surface area contributed by atoms with E-state index in [0.29, 0.717) is 5.02 Å². The molecule has 10 heteroatoms. The lowest BCUT2D eigenvalue weighted by atomic mass is 10.1. The lowest BCUT2D eigenvalue weighted by Gasteiger charge is -2.24. The van der Waals surface area contributed by atoms with E-state index in [2.05, 4.69) is 15.6 Å². The highest BCUT2D eigenvalue weighted by Crippen LogP contribution is 2.26. The summed E-state index contributed by atoms with van der Waals surface area (Å²) in [5.41, 5.74) is 1.54. The fourth-order valence-electron chi connectivity index (χ4n) is 3.56. The van der Waals surface area contributed by atoms with Crippen molar-refractivity contribution in [3.8, 4) is 0 Å². The van der Waals surface area contributed by atoms with E-state index < -0.39 is 28.4 Å². The minimum Gasteiger partial charge on any atom is -0.348 e. The van der Waals surface area contributed by atoms with Crippen LogP contribution < -0.4 is 14.9 Å². The number of pyridine rings is 1. The summed E-state index contributed by atoms with van der Waals surface area (Å²) in [4.78, 5) is 30.0. The van der Waals surface area contributed by atoms with Crippen molar-refractivity contribution in [1.82, 2.24) is 10.3 Å². The van der Waals surface area contributed by atoms with Gasteiger partial charge in [0.25, 0.3) is 15.9 Å². The van der Waals surface area contributed by atoms with Crippen LogP contribution in [-0.2, 0) is 21.4 Å². The summed E-state index contributed by atoms with van der Waals surface area (Å²) >= 11 is 6.11. The van der Waals surface area contributed by atoms with Crippen molar-refractivity contribution in [1.29, 1.82) is 0 Å². The predicted octanol–water partition coefficient (Wildman–Crippen LogP) is 4.50. The second-order valence-corrected chi connectivity index (χ2v) is 10.2. The molecule has 0 aliphatic rings. The van der Waals surface area contributed by atoms with E-state index >= 15 is 0 Å². The Morgan fingerprint density at radius 2 is 1.65 bits per heavy atom. The van der Waals surface area contributed by atoms with Crippen molar-refractivity contribution in [2.45, 2.75) is 11.4 Å². The first-order chi connectivity index (χ1) is 17.8. The number of nitrogens with zero attached hydrogens (tertiary/aromatic N) is 2. The minimum absolute atomic E-state index is 0.0259. The van der Waals surface area contributed by atoms with Gasteiger partial charge in [-0.2, -0.15) is 0 Å². The summed E-state index contributed by atoms with van der Waals surface area (Å²) in [6, 6.07) is 24.1. The van der Waals surface area contributed by atoms with Crippen LogP contribution in [0.2, 0.25) is 5.02 Å². The highest BCUT2D eigenvalue weighted by Gasteiger charge is 2.27. The maximum atomic E-state index is 13.5. The van der Waals surface area contributed by atoms with Gasteiger partial charge in [0.2, 0.25) is 5.91 Å². The number of hydrogen-bond acceptors (Lipinski definition) is 5. The SMILES string of the molecule is O=C(CN(c1cccc(Cl)c1)S(=O)(=O)c1ccccc1)Nc1ccccc1C(=O)NCc1cccnc1. The number of hydrogen-bond donors (Lipinski definition) is 2. The van der Waals surface area contributed by atoms with Crippen LogP contribution in [-0.4, -0.2) is 31.8 Å². The highest BCUT2D eigenvalue weighted by atomic mass is 35.5. The van der Waals surface area contributed by atoms with E-state index in [9.17, 15) is 18.0 Å². The van der Waals surface area contributed by atoms with Gasteiger partial charge in [-0.1, -0.05) is 54.1 Å². The van der Waals surface area contributed by atoms with Crippen molar-refractivity contribution < 1.29 is 18.0 Å². The van der Waals surface area contributed by atoms with Gasteiger partial charge < -0.3 is 10.6 Å². The van der Waals surface area contributed by atoms with Crippen LogP contribution >= 0.6 is 11.6 Å². The predicted molar refractivity (Wildman–Crippen MR) is 143 cm³/mol. The second-order valence-electron chi connectivity index (χ2n) is 7.94. The molecule has 2 N–H and O–H groups in total. The molecule has 1 heterocycles. The second kappa shape index (κ2) is 11.7. The number of nitrogens with one attached hydrogen (secondary N) is 2. The number of anilines is 2. The summed E-state index contributed by atoms with van der Waals surface area (Å²) in [6.07, 6.45) is 3.28. The van der Waals surface area contributed by atoms with Gasteiger partial charge in [-0.25, -0.2) is 8.42 Å². The fraction of sp³-hybridized carbons (Fsp3) is 0.0741. The topological polar surface area (TPSA) is 108 Å². The molecule has 0 saturated carbocycles. The van der Waals surface area contributed by atoms with Gasteiger partial charge in [0.15, 0.2) is 0 Å². The van der Waals surface area contributed by atoms with Gasteiger partial charge in [-0.3, -0.25) is 18.9 Å². The quantitative estimate of drug-likeness (QED) is 0.329. The molecule has 0 radical (unpaired) electrons. The Morgan fingerprint density at radius 3 is 2.38 bits per heavy atom. The number of halogens is 1. The van der Waals surface area contributed by atoms with Crippen LogP contribution in [0.5, 0.6) is 0 Å². The molecule has 0 fully saturated rings. The van der Waals surface area contributed by atoms with Crippen molar-refractivity contribution in [3.05, 3.63) is 120 Å². The zero-order chi connectivity index (χ0) is 26.3. The summed E-state index contributed by atoms with van der Waals surface area (Å²) < 4.78 is 27.9. The number of para-hydroxylation sites is 1. The third-order valence-electron chi connectivity index (χ3n) is 5.34. The highest BCUT2D eigenvalue weighted by molar-refractivity contribution is 7.92. The number of rotatable bonds is 9. The lowest BCUT2D eigenvalue weighted by Crippen LogP contribution is -2.38. The monoisotopic (exact) mass is 534 g/mol. The molecule has 0 aliphatic heterocycles. The van der Waals surface area contributed by atoms with E-state index in [4.69, 9.17) is 11.6 Å². The number of benzene rings is 3. The van der Waals surface area contributed by atoms with Crippen molar-refractivity contribution in [2.24, 2.45) is 0 Å². The molecule has 37 heavy (non-hydrogen) atoms. The number of sulfonamides is 1. The Kier molecular flexibility index (Phi) is 8.17. The molecule has 0 aliphatic carbocycles. The molecule has 3 aromatic carbocycles. The van der Waals surface area contributed by atoms with Gasteiger partial charge >= 0.3 is 0 Å². The lowest BCUT2D eigenvalue weighted by molar-refractivity contribution is -0.114. The Labute approximate surface area is 220 Å². The van der Waals surface area contributed by atoms with Crippen LogP contribution in [0, 0.1) is 0 Å². The van der Waals surface area contributed by atoms with Gasteiger partial charge in [0.1, 0.15) is 6.54 Å². The maximum absolute atomic E-state index is 13.5. The summed E-state index contributed by atoms with van der Waals surface area (Å²) in [5, 5.41) is 5.79. The zero-order valence-electron chi connectivity index (χ0n) is 19.5. The van der Waals surface area contributed by atoms with Crippen LogP contribution in [0.4, 0.5) is 11.4 Å². The van der Waals surface area contributed by atoms with Crippen molar-refractivity contribution >= 4 is 44.8 Å². The summed E-state index contributed by atoms with van der Waals surface area (Å²) in [5.74, 6) is -1.03.